The van der Waals surface area contributed by atoms with Crippen molar-refractivity contribution in [2.75, 3.05) is 19.6 Å². The number of halogens is 2. The molecule has 1 fully saturated rings. The van der Waals surface area contributed by atoms with Crippen molar-refractivity contribution < 1.29 is 9.13 Å². The fourth-order valence-electron chi connectivity index (χ4n) is 3.15. The lowest BCUT2D eigenvalue weighted by Gasteiger charge is -2.38. The van der Waals surface area contributed by atoms with E-state index in [0.29, 0.717) is 13.1 Å². The molecule has 0 spiro atoms. The minimum atomic E-state index is -0.242. The summed E-state index contributed by atoms with van der Waals surface area (Å²) in [6.07, 6.45) is -0.0926. The van der Waals surface area contributed by atoms with Gasteiger partial charge in [-0.2, -0.15) is 0 Å². The molecule has 0 amide bonds. The topological polar surface area (TPSA) is 67.6 Å². The van der Waals surface area contributed by atoms with Gasteiger partial charge in [-0.25, -0.2) is 9.38 Å². The van der Waals surface area contributed by atoms with Crippen molar-refractivity contribution in [1.82, 2.24) is 25.0 Å². The lowest BCUT2D eigenvalue weighted by atomic mass is 10.1. The number of aromatic nitrogens is 3. The Morgan fingerprint density at radius 1 is 1.29 bits per heavy atom. The minimum Gasteiger partial charge on any atom is -0.367 e. The first-order chi connectivity index (χ1) is 13.0. The van der Waals surface area contributed by atoms with Crippen molar-refractivity contribution in [3.63, 3.8) is 0 Å². The van der Waals surface area contributed by atoms with Crippen LogP contribution in [0.2, 0.25) is 0 Å². The zero-order valence-corrected chi connectivity index (χ0v) is 19.1. The lowest BCUT2D eigenvalue weighted by Crippen LogP contribution is -2.50. The predicted molar refractivity (Wildman–Crippen MR) is 117 cm³/mol. The molecule has 0 saturated carbocycles. The molecule has 28 heavy (non-hydrogen) atoms. The normalized spacial score (nSPS) is 20.0. The van der Waals surface area contributed by atoms with Crippen molar-refractivity contribution in [2.45, 2.75) is 39.5 Å². The highest BCUT2D eigenvalue weighted by molar-refractivity contribution is 14.0. The van der Waals surface area contributed by atoms with E-state index in [2.05, 4.69) is 20.4 Å². The molecule has 0 radical (unpaired) electrons. The summed E-state index contributed by atoms with van der Waals surface area (Å²) in [5.74, 6) is 2.26. The Bertz CT molecular complexity index is 794. The van der Waals surface area contributed by atoms with Crippen LogP contribution in [0.15, 0.2) is 29.3 Å². The molecule has 1 aliphatic heterocycles. The van der Waals surface area contributed by atoms with Gasteiger partial charge in [0.25, 0.3) is 0 Å². The molecular weight excluding hydrogens is 474 g/mol. The highest BCUT2D eigenvalue weighted by Gasteiger charge is 2.28. The van der Waals surface area contributed by atoms with Gasteiger partial charge >= 0.3 is 0 Å². The average Bonchev–Trinajstić information content (AvgIpc) is 2.97. The smallest absolute Gasteiger partial charge is 0.194 e. The number of hydrogen-bond donors (Lipinski definition) is 1. The molecule has 2 heterocycles. The molecule has 2 aromatic rings. The Labute approximate surface area is 182 Å². The summed E-state index contributed by atoms with van der Waals surface area (Å²) < 4.78 is 21.3. The van der Waals surface area contributed by atoms with Crippen LogP contribution in [0.5, 0.6) is 0 Å². The van der Waals surface area contributed by atoms with Crippen molar-refractivity contribution >= 4 is 29.9 Å². The van der Waals surface area contributed by atoms with Crippen LogP contribution in [0, 0.1) is 12.7 Å². The number of nitrogens with zero attached hydrogens (tertiary/aromatic N) is 5. The molecule has 1 N–H and O–H groups in total. The molecule has 2 unspecified atom stereocenters. The molecule has 0 bridgehead atoms. The van der Waals surface area contributed by atoms with Crippen LogP contribution in [0.3, 0.4) is 0 Å². The van der Waals surface area contributed by atoms with Crippen molar-refractivity contribution in [1.29, 1.82) is 0 Å². The minimum absolute atomic E-state index is 0. The Morgan fingerprint density at radius 2 is 2.00 bits per heavy atom. The van der Waals surface area contributed by atoms with Gasteiger partial charge < -0.3 is 19.5 Å². The molecule has 2 atom stereocenters. The number of hydrogen-bond acceptors (Lipinski definition) is 4. The Morgan fingerprint density at radius 3 is 2.61 bits per heavy atom. The monoisotopic (exact) mass is 502 g/mol. The molecule has 7 nitrogen and oxygen atoms in total. The number of benzene rings is 1. The Balaban J connectivity index is 0.00000280. The first-order valence-corrected chi connectivity index (χ1v) is 9.27. The third-order valence-electron chi connectivity index (χ3n) is 4.69. The predicted octanol–water partition coefficient (Wildman–Crippen LogP) is 2.81. The van der Waals surface area contributed by atoms with Gasteiger partial charge in [0.05, 0.1) is 12.6 Å². The molecule has 154 valence electrons. The highest BCUT2D eigenvalue weighted by atomic mass is 127. The van der Waals surface area contributed by atoms with Gasteiger partial charge in [0, 0.05) is 20.1 Å². The standard InChI is InChI=1S/C19H27FN6O.HI/c1-5-21-19(22-10-18-24-23-14(3)25(18)4)26-11-13(2)27-17(12-26)15-6-8-16(20)9-7-15;/h6-9,13,17H,5,10-12H2,1-4H3,(H,21,22);1H. The second-order valence-electron chi connectivity index (χ2n) is 6.78. The number of guanidine groups is 1. The first kappa shape index (κ1) is 22.5. The number of aryl methyl sites for hydroxylation is 1. The van der Waals surface area contributed by atoms with Crippen molar-refractivity contribution in [2.24, 2.45) is 12.0 Å². The average molecular weight is 502 g/mol. The lowest BCUT2D eigenvalue weighted by molar-refractivity contribution is -0.0605. The summed E-state index contributed by atoms with van der Waals surface area (Å²) in [5.41, 5.74) is 0.965. The van der Waals surface area contributed by atoms with E-state index in [9.17, 15) is 4.39 Å². The van der Waals surface area contributed by atoms with Crippen LogP contribution in [-0.2, 0) is 18.3 Å². The van der Waals surface area contributed by atoms with Gasteiger partial charge in [0.2, 0.25) is 0 Å². The van der Waals surface area contributed by atoms with E-state index in [0.717, 1.165) is 36.3 Å². The first-order valence-electron chi connectivity index (χ1n) is 9.27. The summed E-state index contributed by atoms with van der Waals surface area (Å²) in [4.78, 5) is 6.94. The maximum Gasteiger partial charge on any atom is 0.194 e. The van der Waals surface area contributed by atoms with E-state index in [1.165, 1.54) is 12.1 Å². The van der Waals surface area contributed by atoms with Crippen molar-refractivity contribution in [3.8, 4) is 0 Å². The van der Waals surface area contributed by atoms with Gasteiger partial charge in [-0.15, -0.1) is 34.2 Å². The molecular formula is C19H28FIN6O. The largest absolute Gasteiger partial charge is 0.367 e. The van der Waals surface area contributed by atoms with Crippen LogP contribution < -0.4 is 5.32 Å². The van der Waals surface area contributed by atoms with Gasteiger partial charge in [-0.3, -0.25) is 0 Å². The van der Waals surface area contributed by atoms with E-state index in [-0.39, 0.29) is 42.0 Å². The second kappa shape index (κ2) is 10.1. The van der Waals surface area contributed by atoms with Gasteiger partial charge in [-0.05, 0) is 38.5 Å². The Hall–Kier alpha value is -1.75. The number of nitrogens with one attached hydrogen (secondary N) is 1. The fourth-order valence-corrected chi connectivity index (χ4v) is 3.15. The SMILES string of the molecule is CCNC(=NCc1nnc(C)n1C)N1CC(C)OC(c2ccc(F)cc2)C1.I. The van der Waals surface area contributed by atoms with Crippen LogP contribution in [-0.4, -0.2) is 51.4 Å². The molecule has 3 rings (SSSR count). The molecule has 1 saturated heterocycles. The van der Waals surface area contributed by atoms with E-state index >= 15 is 0 Å². The third-order valence-corrected chi connectivity index (χ3v) is 4.69. The zero-order chi connectivity index (χ0) is 19.4. The maximum absolute atomic E-state index is 13.2. The second-order valence-corrected chi connectivity index (χ2v) is 6.78. The fraction of sp³-hybridized carbons (Fsp3) is 0.526. The van der Waals surface area contributed by atoms with Crippen LogP contribution in [0.4, 0.5) is 4.39 Å². The Kier molecular flexibility index (Phi) is 8.17. The number of ether oxygens (including phenoxy) is 1. The summed E-state index contributed by atoms with van der Waals surface area (Å²) >= 11 is 0. The van der Waals surface area contributed by atoms with Crippen LogP contribution in [0.25, 0.3) is 0 Å². The van der Waals surface area contributed by atoms with E-state index in [1.54, 1.807) is 12.1 Å². The summed E-state index contributed by atoms with van der Waals surface area (Å²) in [5, 5.41) is 11.6. The van der Waals surface area contributed by atoms with Crippen molar-refractivity contribution in [3.05, 3.63) is 47.3 Å². The molecule has 1 aromatic carbocycles. The van der Waals surface area contributed by atoms with Gasteiger partial charge in [0.1, 0.15) is 24.3 Å². The summed E-state index contributed by atoms with van der Waals surface area (Å²) in [6.45, 7) is 8.61. The number of rotatable bonds is 4. The molecule has 0 aliphatic carbocycles. The molecule has 1 aliphatic rings. The van der Waals surface area contributed by atoms with E-state index in [1.807, 2.05) is 32.4 Å². The number of aliphatic imine (C=N–C) groups is 1. The zero-order valence-electron chi connectivity index (χ0n) is 16.7. The summed E-state index contributed by atoms with van der Waals surface area (Å²) in [6, 6.07) is 6.50. The molecule has 9 heteroatoms. The summed E-state index contributed by atoms with van der Waals surface area (Å²) in [7, 11) is 1.94. The quantitative estimate of drug-likeness (QED) is 0.396. The van der Waals surface area contributed by atoms with E-state index < -0.39 is 0 Å². The van der Waals surface area contributed by atoms with Crippen LogP contribution in [0.1, 0.15) is 37.2 Å². The van der Waals surface area contributed by atoms with Crippen LogP contribution >= 0.6 is 24.0 Å². The van der Waals surface area contributed by atoms with E-state index in [4.69, 9.17) is 9.73 Å². The highest BCUT2D eigenvalue weighted by Crippen LogP contribution is 2.25. The third kappa shape index (κ3) is 5.40. The maximum atomic E-state index is 13.2. The number of morpholine rings is 1. The molecule has 1 aromatic heterocycles. The van der Waals surface area contributed by atoms with Gasteiger partial charge in [0.15, 0.2) is 11.8 Å². The van der Waals surface area contributed by atoms with Gasteiger partial charge in [-0.1, -0.05) is 12.1 Å².